The molecule has 1 nitrogen and oxygen atoms in total. The predicted molar refractivity (Wildman–Crippen MR) is 63.8 cm³/mol. The molecule has 0 radical (unpaired) electrons. The summed E-state index contributed by atoms with van der Waals surface area (Å²) in [7, 11) is 0. The van der Waals surface area contributed by atoms with E-state index in [4.69, 9.17) is 5.73 Å². The van der Waals surface area contributed by atoms with E-state index in [1.807, 2.05) is 0 Å². The molecule has 0 bridgehead atoms. The number of alkyl halides is 2. The topological polar surface area (TPSA) is 26.0 Å². The van der Waals surface area contributed by atoms with Crippen LogP contribution in [0.25, 0.3) is 0 Å². The molecule has 0 saturated heterocycles. The van der Waals surface area contributed by atoms with Crippen LogP contribution in [0.15, 0.2) is 54.6 Å². The quantitative estimate of drug-likeness (QED) is 0.865. The minimum absolute atomic E-state index is 0.000462. The van der Waals surface area contributed by atoms with Crippen LogP contribution in [0, 0.1) is 0 Å². The Morgan fingerprint density at radius 2 is 1.35 bits per heavy atom. The molecule has 88 valence electrons. The van der Waals surface area contributed by atoms with E-state index in [1.54, 1.807) is 30.3 Å². The number of hydrogen-bond donors (Lipinski definition) is 1. The van der Waals surface area contributed by atoms with E-state index in [9.17, 15) is 8.78 Å². The minimum atomic E-state index is -2.96. The molecule has 3 heteroatoms. The Hall–Kier alpha value is -1.74. The first kappa shape index (κ1) is 11.7. The standard InChI is InChI=1S/C14H13F2N/c15-14(16,12-4-2-1-3-5-12)13-8-6-11(10-17)7-9-13/h1-9H,10,17H2. The molecule has 0 aliphatic heterocycles. The lowest BCUT2D eigenvalue weighted by atomic mass is 9.99. The Kier molecular flexibility index (Phi) is 3.20. The highest BCUT2D eigenvalue weighted by atomic mass is 19.3. The molecule has 0 heterocycles. The summed E-state index contributed by atoms with van der Waals surface area (Å²) in [5.41, 5.74) is 6.26. The molecule has 0 aliphatic rings. The third-order valence-electron chi connectivity index (χ3n) is 2.69. The van der Waals surface area contributed by atoms with E-state index in [0.717, 1.165) is 5.56 Å². The Morgan fingerprint density at radius 3 is 1.88 bits per heavy atom. The van der Waals surface area contributed by atoms with E-state index in [2.05, 4.69) is 0 Å². The van der Waals surface area contributed by atoms with Gasteiger partial charge in [0.2, 0.25) is 0 Å². The molecule has 2 aromatic rings. The second kappa shape index (κ2) is 4.63. The summed E-state index contributed by atoms with van der Waals surface area (Å²) in [6.45, 7) is 0.358. The largest absolute Gasteiger partial charge is 0.326 e. The van der Waals surface area contributed by atoms with Crippen LogP contribution in [0.4, 0.5) is 8.78 Å². The van der Waals surface area contributed by atoms with Crippen molar-refractivity contribution in [3.8, 4) is 0 Å². The van der Waals surface area contributed by atoms with Gasteiger partial charge < -0.3 is 5.73 Å². The molecule has 2 rings (SSSR count). The van der Waals surface area contributed by atoms with Gasteiger partial charge in [-0.1, -0.05) is 54.6 Å². The second-order valence-electron chi connectivity index (χ2n) is 3.84. The molecular formula is C14H13F2N. The van der Waals surface area contributed by atoms with Gasteiger partial charge in [0.1, 0.15) is 0 Å². The van der Waals surface area contributed by atoms with Gasteiger partial charge in [0, 0.05) is 17.7 Å². The highest BCUT2D eigenvalue weighted by Gasteiger charge is 2.33. The predicted octanol–water partition coefficient (Wildman–Crippen LogP) is 3.29. The van der Waals surface area contributed by atoms with Crippen LogP contribution in [0.2, 0.25) is 0 Å². The van der Waals surface area contributed by atoms with E-state index >= 15 is 0 Å². The van der Waals surface area contributed by atoms with Crippen LogP contribution in [0.1, 0.15) is 16.7 Å². The second-order valence-corrected chi connectivity index (χ2v) is 3.84. The first-order valence-corrected chi connectivity index (χ1v) is 5.37. The first-order valence-electron chi connectivity index (χ1n) is 5.37. The van der Waals surface area contributed by atoms with E-state index in [0.29, 0.717) is 6.54 Å². The lowest BCUT2D eigenvalue weighted by Gasteiger charge is -2.17. The van der Waals surface area contributed by atoms with Crippen molar-refractivity contribution in [3.63, 3.8) is 0 Å². The molecule has 2 aromatic carbocycles. The number of hydrogen-bond acceptors (Lipinski definition) is 1. The zero-order chi connectivity index (χ0) is 12.3. The van der Waals surface area contributed by atoms with Crippen LogP contribution >= 0.6 is 0 Å². The molecule has 0 saturated carbocycles. The van der Waals surface area contributed by atoms with Gasteiger partial charge in [-0.2, -0.15) is 8.78 Å². The summed E-state index contributed by atoms with van der Waals surface area (Å²) in [4.78, 5) is 0. The number of rotatable bonds is 3. The maximum absolute atomic E-state index is 14.1. The molecule has 0 fully saturated rings. The van der Waals surface area contributed by atoms with Crippen molar-refractivity contribution in [1.29, 1.82) is 0 Å². The number of benzene rings is 2. The van der Waals surface area contributed by atoms with Gasteiger partial charge in [0.25, 0.3) is 5.92 Å². The Labute approximate surface area is 98.9 Å². The van der Waals surface area contributed by atoms with Gasteiger partial charge in [-0.3, -0.25) is 0 Å². The molecule has 0 spiro atoms. The van der Waals surface area contributed by atoms with E-state index in [-0.39, 0.29) is 11.1 Å². The van der Waals surface area contributed by atoms with E-state index in [1.165, 1.54) is 24.3 Å². The van der Waals surface area contributed by atoms with Crippen LogP contribution in [-0.4, -0.2) is 0 Å². The van der Waals surface area contributed by atoms with Gasteiger partial charge in [-0.25, -0.2) is 0 Å². The summed E-state index contributed by atoms with van der Waals surface area (Å²) < 4.78 is 28.2. The summed E-state index contributed by atoms with van der Waals surface area (Å²) >= 11 is 0. The molecule has 0 aliphatic carbocycles. The maximum atomic E-state index is 14.1. The van der Waals surface area contributed by atoms with Gasteiger partial charge in [-0.15, -0.1) is 0 Å². The van der Waals surface area contributed by atoms with Gasteiger partial charge >= 0.3 is 0 Å². The van der Waals surface area contributed by atoms with Crippen molar-refractivity contribution in [3.05, 3.63) is 71.3 Å². The molecule has 17 heavy (non-hydrogen) atoms. The SMILES string of the molecule is NCc1ccc(C(F)(F)c2ccccc2)cc1. The minimum Gasteiger partial charge on any atom is -0.326 e. The van der Waals surface area contributed by atoms with Crippen molar-refractivity contribution in [2.45, 2.75) is 12.5 Å². The van der Waals surface area contributed by atoms with Gasteiger partial charge in [0.15, 0.2) is 0 Å². The highest BCUT2D eigenvalue weighted by molar-refractivity contribution is 5.34. The molecule has 0 aromatic heterocycles. The zero-order valence-electron chi connectivity index (χ0n) is 9.24. The molecule has 0 unspecified atom stereocenters. The van der Waals surface area contributed by atoms with Crippen LogP contribution in [0.5, 0.6) is 0 Å². The van der Waals surface area contributed by atoms with E-state index < -0.39 is 5.92 Å². The summed E-state index contributed by atoms with van der Waals surface area (Å²) in [6.07, 6.45) is 0. The first-order chi connectivity index (χ1) is 8.14. The van der Waals surface area contributed by atoms with Crippen molar-refractivity contribution < 1.29 is 8.78 Å². The van der Waals surface area contributed by atoms with Crippen LogP contribution in [-0.2, 0) is 12.5 Å². The normalized spacial score (nSPS) is 11.5. The summed E-state index contributed by atoms with van der Waals surface area (Å²) in [5, 5.41) is 0. The number of nitrogens with two attached hydrogens (primary N) is 1. The Morgan fingerprint density at radius 1 is 0.824 bits per heavy atom. The van der Waals surface area contributed by atoms with Gasteiger partial charge in [0.05, 0.1) is 0 Å². The Bertz CT molecular complexity index is 477. The Balaban J connectivity index is 2.37. The number of halogens is 2. The summed E-state index contributed by atoms with van der Waals surface area (Å²) in [5.74, 6) is -2.96. The maximum Gasteiger partial charge on any atom is 0.298 e. The fraction of sp³-hybridized carbons (Fsp3) is 0.143. The lowest BCUT2D eigenvalue weighted by molar-refractivity contribution is 0.0428. The molecule has 0 atom stereocenters. The third kappa shape index (κ3) is 2.34. The van der Waals surface area contributed by atoms with Crippen LogP contribution < -0.4 is 5.73 Å². The monoisotopic (exact) mass is 233 g/mol. The summed E-state index contributed by atoms with van der Waals surface area (Å²) in [6, 6.07) is 13.9. The molecule has 0 amide bonds. The lowest BCUT2D eigenvalue weighted by Crippen LogP contribution is -2.15. The highest BCUT2D eigenvalue weighted by Crippen LogP contribution is 2.35. The van der Waals surface area contributed by atoms with Crippen molar-refractivity contribution >= 4 is 0 Å². The van der Waals surface area contributed by atoms with Gasteiger partial charge in [-0.05, 0) is 5.56 Å². The van der Waals surface area contributed by atoms with Crippen LogP contribution in [0.3, 0.4) is 0 Å². The fourth-order valence-electron chi connectivity index (χ4n) is 1.66. The molecular weight excluding hydrogens is 220 g/mol. The fourth-order valence-corrected chi connectivity index (χ4v) is 1.66. The smallest absolute Gasteiger partial charge is 0.298 e. The third-order valence-corrected chi connectivity index (χ3v) is 2.69. The van der Waals surface area contributed by atoms with Crippen molar-refractivity contribution in [2.75, 3.05) is 0 Å². The zero-order valence-corrected chi connectivity index (χ0v) is 9.24. The molecule has 2 N–H and O–H groups in total. The average Bonchev–Trinajstić information content (AvgIpc) is 2.40. The van der Waals surface area contributed by atoms with Crippen molar-refractivity contribution in [2.24, 2.45) is 5.73 Å². The van der Waals surface area contributed by atoms with Crippen molar-refractivity contribution in [1.82, 2.24) is 0 Å². The average molecular weight is 233 g/mol.